The molecule has 0 saturated heterocycles. The van der Waals surface area contributed by atoms with Gasteiger partial charge in [0.1, 0.15) is 11.3 Å². The van der Waals surface area contributed by atoms with Gasteiger partial charge >= 0.3 is 5.69 Å². The van der Waals surface area contributed by atoms with Gasteiger partial charge in [0, 0.05) is 19.6 Å². The zero-order chi connectivity index (χ0) is 16.4. The third-order valence-corrected chi connectivity index (χ3v) is 4.59. The van der Waals surface area contributed by atoms with E-state index in [0.717, 1.165) is 25.1 Å². The van der Waals surface area contributed by atoms with Gasteiger partial charge in [-0.2, -0.15) is 0 Å². The van der Waals surface area contributed by atoms with Crippen molar-refractivity contribution in [3.8, 4) is 0 Å². The lowest BCUT2D eigenvalue weighted by Crippen LogP contribution is -2.41. The molecule has 1 N–H and O–H groups in total. The Bertz CT molecular complexity index is 796. The van der Waals surface area contributed by atoms with E-state index < -0.39 is 0 Å². The molecule has 1 aliphatic carbocycles. The first-order valence-corrected chi connectivity index (χ1v) is 8.39. The van der Waals surface area contributed by atoms with Crippen molar-refractivity contribution in [2.45, 2.75) is 58.0 Å². The number of aromatic amines is 1. The molecule has 0 bridgehead atoms. The fraction of sp³-hybridized carbons (Fsp3) is 0.688. The van der Waals surface area contributed by atoms with Crippen LogP contribution < -0.4 is 11.2 Å². The van der Waals surface area contributed by atoms with E-state index in [2.05, 4.69) is 9.97 Å². The number of H-pyrrole nitrogens is 1. The molecule has 0 atom stereocenters. The number of fused-ring (bicyclic) bond motifs is 1. The minimum atomic E-state index is -0.300. The summed E-state index contributed by atoms with van der Waals surface area (Å²) in [5.41, 5.74) is 0.338. The van der Waals surface area contributed by atoms with Crippen LogP contribution in [0.3, 0.4) is 0 Å². The zero-order valence-corrected chi connectivity index (χ0v) is 13.8. The lowest BCUT2D eigenvalue weighted by atomic mass is 10.1. The first-order chi connectivity index (χ1) is 11.2. The predicted molar refractivity (Wildman–Crippen MR) is 88.0 cm³/mol. The van der Waals surface area contributed by atoms with Crippen LogP contribution in [0.25, 0.3) is 11.2 Å². The summed E-state index contributed by atoms with van der Waals surface area (Å²) in [4.78, 5) is 33.1. The maximum Gasteiger partial charge on any atom is 0.332 e. The average molecular weight is 320 g/mol. The highest BCUT2D eigenvalue weighted by Crippen LogP contribution is 2.32. The number of aromatic nitrogens is 4. The van der Waals surface area contributed by atoms with Crippen molar-refractivity contribution in [2.24, 2.45) is 0 Å². The first-order valence-electron chi connectivity index (χ1n) is 8.39. The van der Waals surface area contributed by atoms with Gasteiger partial charge in [-0.15, -0.1) is 0 Å². The normalized spacial score (nSPS) is 15.7. The second-order valence-corrected chi connectivity index (χ2v) is 6.19. The molecule has 3 rings (SSSR count). The summed E-state index contributed by atoms with van der Waals surface area (Å²) >= 11 is 0. The molecule has 2 heterocycles. The summed E-state index contributed by atoms with van der Waals surface area (Å²) in [6.45, 7) is 3.15. The number of rotatable bonds is 6. The van der Waals surface area contributed by atoms with Crippen molar-refractivity contribution < 1.29 is 4.74 Å². The maximum atomic E-state index is 12.7. The fourth-order valence-corrected chi connectivity index (χ4v) is 3.38. The average Bonchev–Trinajstić information content (AvgIpc) is 3.20. The molecule has 23 heavy (non-hydrogen) atoms. The zero-order valence-electron chi connectivity index (χ0n) is 13.8. The highest BCUT2D eigenvalue weighted by atomic mass is 16.5. The molecule has 0 spiro atoms. The second-order valence-electron chi connectivity index (χ2n) is 6.19. The third-order valence-electron chi connectivity index (χ3n) is 4.59. The van der Waals surface area contributed by atoms with E-state index in [1.807, 2.05) is 6.92 Å². The van der Waals surface area contributed by atoms with E-state index in [9.17, 15) is 9.59 Å². The van der Waals surface area contributed by atoms with Crippen molar-refractivity contribution >= 4 is 11.2 Å². The van der Waals surface area contributed by atoms with E-state index in [0.29, 0.717) is 30.2 Å². The Kier molecular flexibility index (Phi) is 4.66. The van der Waals surface area contributed by atoms with E-state index in [4.69, 9.17) is 4.74 Å². The van der Waals surface area contributed by atoms with Crippen LogP contribution in [0.5, 0.6) is 0 Å². The highest BCUT2D eigenvalue weighted by Gasteiger charge is 2.23. The lowest BCUT2D eigenvalue weighted by molar-refractivity contribution is 0.184. The Hall–Kier alpha value is -1.89. The molecular weight excluding hydrogens is 296 g/mol. The van der Waals surface area contributed by atoms with Crippen molar-refractivity contribution in [2.75, 3.05) is 13.7 Å². The van der Waals surface area contributed by atoms with Crippen LogP contribution in [-0.4, -0.2) is 32.8 Å². The molecule has 7 heteroatoms. The van der Waals surface area contributed by atoms with Crippen LogP contribution in [0.4, 0.5) is 0 Å². The topological polar surface area (TPSA) is 81.9 Å². The summed E-state index contributed by atoms with van der Waals surface area (Å²) in [7, 11) is 1.56. The van der Waals surface area contributed by atoms with Crippen LogP contribution >= 0.6 is 0 Å². The van der Waals surface area contributed by atoms with Crippen LogP contribution in [0, 0.1) is 0 Å². The van der Waals surface area contributed by atoms with Crippen molar-refractivity contribution in [3.63, 3.8) is 0 Å². The van der Waals surface area contributed by atoms with Gasteiger partial charge in [-0.3, -0.25) is 13.9 Å². The quantitative estimate of drug-likeness (QED) is 0.876. The smallest absolute Gasteiger partial charge is 0.332 e. The number of hydrogen-bond acceptors (Lipinski definition) is 4. The van der Waals surface area contributed by atoms with E-state index in [1.165, 1.54) is 17.4 Å². The molecule has 7 nitrogen and oxygen atoms in total. The Labute approximate surface area is 134 Å². The molecule has 2 aromatic heterocycles. The van der Waals surface area contributed by atoms with Crippen LogP contribution in [0.15, 0.2) is 9.59 Å². The number of nitrogens with one attached hydrogen (secondary N) is 1. The molecule has 0 unspecified atom stereocenters. The van der Waals surface area contributed by atoms with Crippen molar-refractivity contribution in [3.05, 3.63) is 26.7 Å². The molecule has 1 saturated carbocycles. The number of ether oxygens (including phenoxy) is 1. The largest absolute Gasteiger partial charge is 0.383 e. The summed E-state index contributed by atoms with van der Waals surface area (Å²) in [6, 6.07) is 0. The molecule has 0 aromatic carbocycles. The summed E-state index contributed by atoms with van der Waals surface area (Å²) in [6.07, 6.45) is 5.39. The predicted octanol–water partition coefficient (Wildman–Crippen LogP) is 1.60. The summed E-state index contributed by atoms with van der Waals surface area (Å²) in [5, 5.41) is 0. The molecule has 2 aromatic rings. The molecule has 1 aliphatic rings. The number of imidazole rings is 1. The van der Waals surface area contributed by atoms with Gasteiger partial charge in [-0.05, 0) is 19.3 Å². The Morgan fingerprint density at radius 3 is 2.61 bits per heavy atom. The van der Waals surface area contributed by atoms with Crippen molar-refractivity contribution in [1.82, 2.24) is 19.1 Å². The molecule has 126 valence electrons. The second kappa shape index (κ2) is 6.70. The summed E-state index contributed by atoms with van der Waals surface area (Å²) in [5.74, 6) is 1.22. The van der Waals surface area contributed by atoms with Gasteiger partial charge in [0.2, 0.25) is 0 Å². The van der Waals surface area contributed by atoms with Crippen LogP contribution in [-0.2, 0) is 17.8 Å². The van der Waals surface area contributed by atoms with Gasteiger partial charge in [0.15, 0.2) is 5.65 Å². The van der Waals surface area contributed by atoms with Crippen LogP contribution in [0.1, 0.15) is 50.8 Å². The van der Waals surface area contributed by atoms with E-state index in [-0.39, 0.29) is 17.8 Å². The molecule has 0 amide bonds. The number of aryl methyl sites for hydroxylation is 1. The monoisotopic (exact) mass is 320 g/mol. The maximum absolute atomic E-state index is 12.7. The third kappa shape index (κ3) is 2.85. The Balaban J connectivity index is 2.18. The van der Waals surface area contributed by atoms with Crippen molar-refractivity contribution in [1.29, 1.82) is 0 Å². The van der Waals surface area contributed by atoms with Gasteiger partial charge < -0.3 is 9.72 Å². The number of nitrogens with zero attached hydrogens (tertiary/aromatic N) is 3. The highest BCUT2D eigenvalue weighted by molar-refractivity contribution is 5.70. The molecular formula is C16H24N4O3. The summed E-state index contributed by atoms with van der Waals surface area (Å²) < 4.78 is 7.88. The van der Waals surface area contributed by atoms with Gasteiger partial charge in [-0.1, -0.05) is 19.8 Å². The van der Waals surface area contributed by atoms with Gasteiger partial charge in [0.25, 0.3) is 5.56 Å². The van der Waals surface area contributed by atoms with E-state index >= 15 is 0 Å². The Morgan fingerprint density at radius 2 is 1.96 bits per heavy atom. The lowest BCUT2D eigenvalue weighted by Gasteiger charge is -2.09. The van der Waals surface area contributed by atoms with Gasteiger partial charge in [0.05, 0.1) is 13.2 Å². The van der Waals surface area contributed by atoms with E-state index in [1.54, 1.807) is 11.7 Å². The van der Waals surface area contributed by atoms with Crippen LogP contribution in [0.2, 0.25) is 0 Å². The fourth-order valence-electron chi connectivity index (χ4n) is 3.38. The first kappa shape index (κ1) is 16.0. The number of methoxy groups -OCH3 is 1. The standard InChI is InChI=1S/C16H24N4O3/c1-3-8-19-14-12(15(21)20(16(19)22)9-10-23-2)17-13(18-14)11-6-4-5-7-11/h11H,3-10H2,1-2H3,(H,17,18). The molecule has 1 fully saturated rings. The molecule has 0 radical (unpaired) electrons. The Morgan fingerprint density at radius 1 is 1.22 bits per heavy atom. The minimum absolute atomic E-state index is 0.256. The molecule has 0 aliphatic heterocycles. The minimum Gasteiger partial charge on any atom is -0.383 e. The van der Waals surface area contributed by atoms with Gasteiger partial charge in [-0.25, -0.2) is 9.78 Å². The SMILES string of the molecule is CCCn1c(=O)n(CCOC)c(=O)c2[nH]c(C3CCCC3)nc21. The number of hydrogen-bond donors (Lipinski definition) is 1.